The van der Waals surface area contributed by atoms with Gasteiger partial charge in [-0.15, -0.1) is 0 Å². The molecule has 1 saturated heterocycles. The van der Waals surface area contributed by atoms with Gasteiger partial charge in [0, 0.05) is 36.6 Å². The number of carbonyl (C=O) groups is 2. The Labute approximate surface area is 192 Å². The molecule has 2 N–H and O–H groups in total. The molecule has 8 heteroatoms. The second kappa shape index (κ2) is 10.2. The van der Waals surface area contributed by atoms with Crippen molar-refractivity contribution in [3.63, 3.8) is 0 Å². The highest BCUT2D eigenvalue weighted by Crippen LogP contribution is 2.24. The molecule has 1 amide bonds. The first-order chi connectivity index (χ1) is 16.0. The van der Waals surface area contributed by atoms with Crippen LogP contribution in [0.2, 0.25) is 0 Å². The van der Waals surface area contributed by atoms with E-state index in [1.807, 2.05) is 43.3 Å². The summed E-state index contributed by atoms with van der Waals surface area (Å²) in [7, 11) is 0. The Kier molecular flexibility index (Phi) is 6.95. The largest absolute Gasteiger partial charge is 0.481 e. The molecule has 170 valence electrons. The van der Waals surface area contributed by atoms with Gasteiger partial charge in [0.15, 0.2) is 0 Å². The lowest BCUT2D eigenvalue weighted by molar-refractivity contribution is -0.137. The van der Waals surface area contributed by atoms with E-state index in [4.69, 9.17) is 4.74 Å². The van der Waals surface area contributed by atoms with Crippen LogP contribution in [-0.2, 0) is 9.53 Å². The van der Waals surface area contributed by atoms with Crippen LogP contribution in [0.1, 0.15) is 33.9 Å². The number of aryl methyl sites for hydroxylation is 1. The molecule has 4 rings (SSSR count). The fourth-order valence-electron chi connectivity index (χ4n) is 3.91. The number of hydrogen-bond acceptors (Lipinski definition) is 6. The van der Waals surface area contributed by atoms with Crippen molar-refractivity contribution < 1.29 is 19.4 Å². The fraction of sp³-hybridized carbons (Fsp3) is 0.280. The molecule has 0 radical (unpaired) electrons. The van der Waals surface area contributed by atoms with Crippen LogP contribution in [0.4, 0.5) is 5.82 Å². The Bertz CT molecular complexity index is 1140. The molecule has 0 saturated carbocycles. The van der Waals surface area contributed by atoms with Gasteiger partial charge in [0.1, 0.15) is 5.82 Å². The summed E-state index contributed by atoms with van der Waals surface area (Å²) in [5, 5.41) is 12.2. The highest BCUT2D eigenvalue weighted by molar-refractivity contribution is 5.95. The van der Waals surface area contributed by atoms with Gasteiger partial charge in [-0.25, -0.2) is 4.98 Å². The van der Waals surface area contributed by atoms with E-state index in [-0.39, 0.29) is 12.3 Å². The Hall–Kier alpha value is -3.78. The molecule has 33 heavy (non-hydrogen) atoms. The summed E-state index contributed by atoms with van der Waals surface area (Å²) in [4.78, 5) is 35.5. The molecular weight excluding hydrogens is 420 g/mol. The number of anilines is 1. The van der Waals surface area contributed by atoms with Gasteiger partial charge < -0.3 is 20.1 Å². The van der Waals surface area contributed by atoms with Crippen molar-refractivity contribution in [2.75, 3.05) is 31.2 Å². The summed E-state index contributed by atoms with van der Waals surface area (Å²) in [5.74, 6) is -0.490. The zero-order valence-corrected chi connectivity index (χ0v) is 18.4. The second-order valence-corrected chi connectivity index (χ2v) is 7.91. The minimum Gasteiger partial charge on any atom is -0.481 e. The minimum absolute atomic E-state index is 0.207. The average Bonchev–Trinajstić information content (AvgIpc) is 2.84. The smallest absolute Gasteiger partial charge is 0.305 e. The lowest BCUT2D eigenvalue weighted by atomic mass is 9.98. The first kappa shape index (κ1) is 22.4. The summed E-state index contributed by atoms with van der Waals surface area (Å²) in [5.41, 5.74) is 3.61. The number of aromatic nitrogens is 2. The summed E-state index contributed by atoms with van der Waals surface area (Å²) in [6, 6.07) is 14.0. The van der Waals surface area contributed by atoms with Crippen LogP contribution in [0.15, 0.2) is 60.9 Å². The molecule has 1 fully saturated rings. The van der Waals surface area contributed by atoms with Crippen molar-refractivity contribution in [2.45, 2.75) is 19.4 Å². The van der Waals surface area contributed by atoms with Crippen LogP contribution in [-0.4, -0.2) is 53.3 Å². The summed E-state index contributed by atoms with van der Waals surface area (Å²) >= 11 is 0. The molecule has 1 aliphatic heterocycles. The van der Waals surface area contributed by atoms with Crippen LogP contribution in [0.25, 0.3) is 11.3 Å². The predicted octanol–water partition coefficient (Wildman–Crippen LogP) is 3.23. The van der Waals surface area contributed by atoms with Gasteiger partial charge >= 0.3 is 5.97 Å². The van der Waals surface area contributed by atoms with Gasteiger partial charge in [0.25, 0.3) is 5.91 Å². The maximum atomic E-state index is 13.1. The third-order valence-electron chi connectivity index (χ3n) is 5.65. The molecule has 0 spiro atoms. The Balaban J connectivity index is 1.56. The molecule has 0 aliphatic carbocycles. The fourth-order valence-corrected chi connectivity index (χ4v) is 3.91. The van der Waals surface area contributed by atoms with Gasteiger partial charge in [-0.3, -0.25) is 14.6 Å². The number of hydrogen-bond donors (Lipinski definition) is 2. The first-order valence-corrected chi connectivity index (χ1v) is 10.8. The zero-order chi connectivity index (χ0) is 23.2. The maximum Gasteiger partial charge on any atom is 0.305 e. The summed E-state index contributed by atoms with van der Waals surface area (Å²) in [6.45, 7) is 4.78. The van der Waals surface area contributed by atoms with Gasteiger partial charge in [-0.05, 0) is 42.3 Å². The monoisotopic (exact) mass is 446 g/mol. The van der Waals surface area contributed by atoms with E-state index < -0.39 is 12.0 Å². The highest BCUT2D eigenvalue weighted by Gasteiger charge is 2.21. The number of rotatable bonds is 7. The molecule has 8 nitrogen and oxygen atoms in total. The minimum atomic E-state index is -0.980. The van der Waals surface area contributed by atoms with E-state index >= 15 is 0 Å². The van der Waals surface area contributed by atoms with Gasteiger partial charge in [-0.2, -0.15) is 0 Å². The van der Waals surface area contributed by atoms with Gasteiger partial charge in [0.2, 0.25) is 0 Å². The van der Waals surface area contributed by atoms with Crippen molar-refractivity contribution in [1.82, 2.24) is 15.3 Å². The van der Waals surface area contributed by atoms with E-state index in [1.54, 1.807) is 24.5 Å². The third-order valence-corrected chi connectivity index (χ3v) is 5.65. The second-order valence-electron chi connectivity index (χ2n) is 7.91. The van der Waals surface area contributed by atoms with Crippen LogP contribution >= 0.6 is 0 Å². The van der Waals surface area contributed by atoms with Gasteiger partial charge in [-0.1, -0.05) is 24.3 Å². The molecule has 1 aromatic carbocycles. The van der Waals surface area contributed by atoms with Crippen molar-refractivity contribution in [3.05, 3.63) is 77.6 Å². The molecular formula is C25H26N4O4. The number of pyridine rings is 2. The molecule has 0 bridgehead atoms. The molecule has 2 aromatic heterocycles. The standard InChI is InChI=1S/C25H26N4O4/c1-17-4-2-3-5-20(17)22(16-24(30)31)28-25(32)19-7-8-26-21(14-19)18-6-9-27-23(15-18)29-10-12-33-13-11-29/h2-9,14-15,22H,10-13,16H2,1H3,(H,28,32)(H,30,31)/t22-/m0/s1. The van der Waals surface area contributed by atoms with Crippen molar-refractivity contribution >= 4 is 17.7 Å². The maximum absolute atomic E-state index is 13.1. The number of nitrogens with zero attached hydrogens (tertiary/aromatic N) is 3. The number of carbonyl (C=O) groups excluding carboxylic acids is 1. The Morgan fingerprint density at radius 1 is 1.09 bits per heavy atom. The Morgan fingerprint density at radius 2 is 1.85 bits per heavy atom. The van der Waals surface area contributed by atoms with E-state index in [1.165, 1.54) is 0 Å². The number of carboxylic acid groups (broad SMARTS) is 1. The lowest BCUT2D eigenvalue weighted by Crippen LogP contribution is -2.36. The normalized spacial score (nSPS) is 14.5. The van der Waals surface area contributed by atoms with Crippen molar-refractivity contribution in [3.8, 4) is 11.3 Å². The van der Waals surface area contributed by atoms with Crippen LogP contribution in [0.3, 0.4) is 0 Å². The number of morpholine rings is 1. The van der Waals surface area contributed by atoms with E-state index in [0.717, 1.165) is 35.6 Å². The zero-order valence-electron chi connectivity index (χ0n) is 18.4. The predicted molar refractivity (Wildman–Crippen MR) is 124 cm³/mol. The molecule has 0 unspecified atom stereocenters. The van der Waals surface area contributed by atoms with Gasteiger partial charge in [0.05, 0.1) is 31.4 Å². The lowest BCUT2D eigenvalue weighted by Gasteiger charge is -2.28. The number of ether oxygens (including phenoxy) is 1. The van der Waals surface area contributed by atoms with E-state index in [2.05, 4.69) is 20.2 Å². The molecule has 1 aliphatic rings. The van der Waals surface area contributed by atoms with E-state index in [9.17, 15) is 14.7 Å². The number of amides is 1. The van der Waals surface area contributed by atoms with Crippen molar-refractivity contribution in [2.24, 2.45) is 0 Å². The third kappa shape index (κ3) is 5.53. The van der Waals surface area contributed by atoms with Crippen LogP contribution in [0.5, 0.6) is 0 Å². The first-order valence-electron chi connectivity index (χ1n) is 10.8. The molecule has 1 atom stereocenters. The van der Waals surface area contributed by atoms with E-state index in [0.29, 0.717) is 24.5 Å². The highest BCUT2D eigenvalue weighted by atomic mass is 16.5. The topological polar surface area (TPSA) is 105 Å². The van der Waals surface area contributed by atoms with Crippen LogP contribution < -0.4 is 10.2 Å². The number of benzene rings is 1. The number of aliphatic carboxylic acids is 1. The molecule has 3 aromatic rings. The summed E-state index contributed by atoms with van der Waals surface area (Å²) < 4.78 is 5.41. The average molecular weight is 447 g/mol. The van der Waals surface area contributed by atoms with Crippen LogP contribution in [0, 0.1) is 6.92 Å². The SMILES string of the molecule is Cc1ccccc1[C@H](CC(=O)O)NC(=O)c1ccnc(-c2ccnc(N3CCOCC3)c2)c1. The molecule has 3 heterocycles. The van der Waals surface area contributed by atoms with Crippen molar-refractivity contribution in [1.29, 1.82) is 0 Å². The number of nitrogens with one attached hydrogen (secondary N) is 1. The quantitative estimate of drug-likeness (QED) is 0.574. The Morgan fingerprint density at radius 3 is 2.61 bits per heavy atom. The number of carboxylic acids is 1. The summed E-state index contributed by atoms with van der Waals surface area (Å²) in [6.07, 6.45) is 3.11.